The summed E-state index contributed by atoms with van der Waals surface area (Å²) in [4.78, 5) is 26.0. The van der Waals surface area contributed by atoms with E-state index in [1.165, 1.54) is 22.3 Å². The van der Waals surface area contributed by atoms with E-state index in [4.69, 9.17) is 9.47 Å². The zero-order chi connectivity index (χ0) is 23.9. The number of carbonyl (C=O) groups excluding carboxylic acids is 1. The molecular weight excluding hydrogens is 440 g/mol. The molecule has 0 N–H and O–H groups in total. The Kier molecular flexibility index (Phi) is 5.49. The third-order valence-electron chi connectivity index (χ3n) is 7.15. The van der Waals surface area contributed by atoms with Crippen LogP contribution in [0.5, 0.6) is 0 Å². The molecule has 0 radical (unpaired) electrons. The molecule has 7 nitrogen and oxygen atoms in total. The van der Waals surface area contributed by atoms with E-state index < -0.39 is 0 Å². The van der Waals surface area contributed by atoms with Gasteiger partial charge in [0.25, 0.3) is 0 Å². The SMILES string of the molecule is CN(C)c1ncc(C2=CC3COCC(C2)N3C(=O)OCC2c3ccccc3-c3ccccc32)cn1. The molecule has 7 heteroatoms. The van der Waals surface area contributed by atoms with Crippen LogP contribution in [-0.2, 0) is 9.47 Å². The van der Waals surface area contributed by atoms with E-state index in [0.29, 0.717) is 32.2 Å². The maximum atomic E-state index is 13.3. The molecule has 0 spiro atoms. The molecule has 3 heterocycles. The van der Waals surface area contributed by atoms with Crippen LogP contribution in [0.1, 0.15) is 29.0 Å². The van der Waals surface area contributed by atoms with Gasteiger partial charge in [-0.1, -0.05) is 54.6 Å². The van der Waals surface area contributed by atoms with E-state index in [9.17, 15) is 4.79 Å². The molecule has 178 valence electrons. The number of amides is 1. The molecule has 3 aliphatic rings. The Bertz CT molecular complexity index is 1240. The first-order valence-corrected chi connectivity index (χ1v) is 12.0. The summed E-state index contributed by atoms with van der Waals surface area (Å²) in [7, 11) is 3.84. The van der Waals surface area contributed by atoms with Gasteiger partial charge in [0.2, 0.25) is 5.95 Å². The van der Waals surface area contributed by atoms with E-state index in [1.807, 2.05) is 48.4 Å². The quantitative estimate of drug-likeness (QED) is 0.567. The van der Waals surface area contributed by atoms with Crippen molar-refractivity contribution in [3.8, 4) is 11.1 Å². The highest BCUT2D eigenvalue weighted by Gasteiger charge is 2.40. The first kappa shape index (κ1) is 21.8. The number of fused-ring (bicyclic) bond motifs is 5. The summed E-state index contributed by atoms with van der Waals surface area (Å²) in [6.07, 6.45) is 6.22. The average Bonchev–Trinajstić information content (AvgIpc) is 3.20. The minimum atomic E-state index is -0.278. The van der Waals surface area contributed by atoms with Gasteiger partial charge < -0.3 is 14.4 Å². The molecule has 1 aliphatic carbocycles. The molecule has 3 aromatic rings. The Balaban J connectivity index is 1.20. The van der Waals surface area contributed by atoms with Crippen LogP contribution in [0.15, 0.2) is 67.0 Å². The van der Waals surface area contributed by atoms with Crippen molar-refractivity contribution in [1.29, 1.82) is 0 Å². The topological polar surface area (TPSA) is 67.8 Å². The minimum Gasteiger partial charge on any atom is -0.448 e. The molecule has 1 saturated heterocycles. The molecule has 1 aromatic heterocycles. The zero-order valence-electron chi connectivity index (χ0n) is 19.9. The summed E-state index contributed by atoms with van der Waals surface area (Å²) in [6.45, 7) is 1.27. The predicted molar refractivity (Wildman–Crippen MR) is 134 cm³/mol. The summed E-state index contributed by atoms with van der Waals surface area (Å²) in [5.74, 6) is 0.722. The number of nitrogens with zero attached hydrogens (tertiary/aromatic N) is 4. The van der Waals surface area contributed by atoms with Crippen LogP contribution in [0.2, 0.25) is 0 Å². The number of rotatable bonds is 4. The van der Waals surface area contributed by atoms with E-state index in [0.717, 1.165) is 11.1 Å². The van der Waals surface area contributed by atoms with Gasteiger partial charge in [-0.15, -0.1) is 0 Å². The van der Waals surface area contributed by atoms with Crippen LogP contribution < -0.4 is 4.90 Å². The van der Waals surface area contributed by atoms with Crippen molar-refractivity contribution in [2.45, 2.75) is 24.4 Å². The summed E-state index contributed by atoms with van der Waals surface area (Å²) in [5, 5.41) is 0. The van der Waals surface area contributed by atoms with Gasteiger partial charge in [-0.3, -0.25) is 4.90 Å². The van der Waals surface area contributed by atoms with Gasteiger partial charge in [-0.25, -0.2) is 14.8 Å². The number of morpholine rings is 1. The third-order valence-corrected chi connectivity index (χ3v) is 7.15. The highest BCUT2D eigenvalue weighted by Crippen LogP contribution is 2.44. The van der Waals surface area contributed by atoms with Crippen LogP contribution in [0, 0.1) is 0 Å². The van der Waals surface area contributed by atoms with Crippen molar-refractivity contribution in [3.05, 3.63) is 83.7 Å². The van der Waals surface area contributed by atoms with Gasteiger partial charge in [0.05, 0.1) is 25.3 Å². The van der Waals surface area contributed by atoms with Crippen molar-refractivity contribution in [1.82, 2.24) is 14.9 Å². The highest BCUT2D eigenvalue weighted by atomic mass is 16.6. The molecule has 6 rings (SSSR count). The molecule has 0 saturated carbocycles. The fourth-order valence-electron chi connectivity index (χ4n) is 5.48. The van der Waals surface area contributed by atoms with Crippen molar-refractivity contribution in [2.24, 2.45) is 0 Å². The molecular formula is C28H28N4O3. The summed E-state index contributed by atoms with van der Waals surface area (Å²) < 4.78 is 11.8. The largest absolute Gasteiger partial charge is 0.448 e. The van der Waals surface area contributed by atoms with Crippen LogP contribution in [0.3, 0.4) is 0 Å². The molecule has 2 aliphatic heterocycles. The van der Waals surface area contributed by atoms with Crippen LogP contribution >= 0.6 is 0 Å². The molecule has 2 bridgehead atoms. The van der Waals surface area contributed by atoms with Gasteiger partial charge in [0.1, 0.15) is 6.61 Å². The minimum absolute atomic E-state index is 0.0469. The second kappa shape index (κ2) is 8.82. The Hall–Kier alpha value is -3.71. The highest BCUT2D eigenvalue weighted by molar-refractivity contribution is 5.79. The van der Waals surface area contributed by atoms with Crippen molar-refractivity contribution < 1.29 is 14.3 Å². The first-order valence-electron chi connectivity index (χ1n) is 12.0. The standard InChI is InChI=1S/C28H28N4O3/c1-31(2)27-29-13-19(14-30-27)18-11-20-15-34-16-21(12-18)32(20)28(33)35-17-26-24-9-5-3-7-22(24)23-8-4-6-10-25(23)26/h3-11,13-14,20-21,26H,12,15-17H2,1-2H3. The first-order chi connectivity index (χ1) is 17.1. The lowest BCUT2D eigenvalue weighted by Crippen LogP contribution is -2.56. The Morgan fingerprint density at radius 2 is 1.69 bits per heavy atom. The smallest absolute Gasteiger partial charge is 0.410 e. The second-order valence-corrected chi connectivity index (χ2v) is 9.53. The van der Waals surface area contributed by atoms with Gasteiger partial charge in [0, 0.05) is 38.0 Å². The van der Waals surface area contributed by atoms with Gasteiger partial charge in [0.15, 0.2) is 0 Å². The summed E-state index contributed by atoms with van der Waals surface area (Å²) in [5.41, 5.74) is 7.01. The monoisotopic (exact) mass is 468 g/mol. The maximum Gasteiger partial charge on any atom is 0.410 e. The molecule has 1 amide bonds. The molecule has 35 heavy (non-hydrogen) atoms. The van der Waals surface area contributed by atoms with Crippen LogP contribution in [-0.4, -0.2) is 67.0 Å². The fourth-order valence-corrected chi connectivity index (χ4v) is 5.48. The molecule has 2 unspecified atom stereocenters. The maximum absolute atomic E-state index is 13.3. The normalized spacial score (nSPS) is 20.6. The van der Waals surface area contributed by atoms with Crippen molar-refractivity contribution >= 4 is 17.6 Å². The zero-order valence-corrected chi connectivity index (χ0v) is 19.9. The lowest BCUT2D eigenvalue weighted by molar-refractivity contribution is -0.0331. The fraction of sp³-hybridized carbons (Fsp3) is 0.321. The number of aromatic nitrogens is 2. The van der Waals surface area contributed by atoms with Crippen LogP contribution in [0.25, 0.3) is 16.7 Å². The Morgan fingerprint density at radius 1 is 1.03 bits per heavy atom. The van der Waals surface area contributed by atoms with E-state index >= 15 is 0 Å². The van der Waals surface area contributed by atoms with Gasteiger partial charge in [-0.05, 0) is 34.2 Å². The number of hydrogen-bond donors (Lipinski definition) is 0. The third kappa shape index (κ3) is 3.86. The number of hydrogen-bond acceptors (Lipinski definition) is 6. The lowest BCUT2D eigenvalue weighted by Gasteiger charge is -2.43. The molecule has 1 fully saturated rings. The van der Waals surface area contributed by atoms with Crippen molar-refractivity contribution in [2.75, 3.05) is 38.8 Å². The molecule has 2 aromatic carbocycles. The van der Waals surface area contributed by atoms with E-state index in [2.05, 4.69) is 52.4 Å². The Morgan fingerprint density at radius 3 is 2.31 bits per heavy atom. The van der Waals surface area contributed by atoms with Crippen LogP contribution in [0.4, 0.5) is 10.7 Å². The number of ether oxygens (including phenoxy) is 2. The van der Waals surface area contributed by atoms with Gasteiger partial charge in [-0.2, -0.15) is 0 Å². The second-order valence-electron chi connectivity index (χ2n) is 9.53. The van der Waals surface area contributed by atoms with E-state index in [1.54, 1.807) is 0 Å². The van der Waals surface area contributed by atoms with Gasteiger partial charge >= 0.3 is 6.09 Å². The van der Waals surface area contributed by atoms with E-state index in [-0.39, 0.29) is 24.1 Å². The summed E-state index contributed by atoms with van der Waals surface area (Å²) >= 11 is 0. The number of benzene rings is 2. The number of carbonyl (C=O) groups is 1. The predicted octanol–water partition coefficient (Wildman–Crippen LogP) is 4.35. The summed E-state index contributed by atoms with van der Waals surface area (Å²) in [6, 6.07) is 16.5. The number of anilines is 1. The lowest BCUT2D eigenvalue weighted by atomic mass is 9.91. The molecule has 2 atom stereocenters. The van der Waals surface area contributed by atoms with Crippen molar-refractivity contribution in [3.63, 3.8) is 0 Å². The Labute approximate surface area is 205 Å². The average molecular weight is 469 g/mol.